The van der Waals surface area contributed by atoms with Crippen LogP contribution in [0.2, 0.25) is 0 Å². The summed E-state index contributed by atoms with van der Waals surface area (Å²) in [6.07, 6.45) is 2.86. The van der Waals surface area contributed by atoms with E-state index in [1.807, 2.05) is 36.1 Å². The predicted molar refractivity (Wildman–Crippen MR) is 106 cm³/mol. The van der Waals surface area contributed by atoms with E-state index in [4.69, 9.17) is 4.74 Å². The summed E-state index contributed by atoms with van der Waals surface area (Å²) in [5.41, 5.74) is 1.81. The van der Waals surface area contributed by atoms with Crippen LogP contribution in [0.1, 0.15) is 53.4 Å². The molecule has 0 saturated carbocycles. The van der Waals surface area contributed by atoms with Gasteiger partial charge in [-0.15, -0.1) is 10.2 Å². The highest BCUT2D eigenvalue weighted by Crippen LogP contribution is 2.33. The minimum absolute atomic E-state index is 0.0141. The van der Waals surface area contributed by atoms with Crippen molar-refractivity contribution in [1.29, 1.82) is 0 Å². The van der Waals surface area contributed by atoms with Crippen molar-refractivity contribution in [1.82, 2.24) is 24.6 Å². The highest BCUT2D eigenvalue weighted by atomic mass is 16.5. The van der Waals surface area contributed by atoms with Gasteiger partial charge < -0.3 is 19.1 Å². The Labute approximate surface area is 166 Å². The maximum Gasteiger partial charge on any atom is 0.254 e. The lowest BCUT2D eigenvalue weighted by atomic mass is 10.1. The Bertz CT molecular complexity index is 817. The second kappa shape index (κ2) is 8.41. The summed E-state index contributed by atoms with van der Waals surface area (Å²) in [7, 11) is 2.14. The minimum Gasteiger partial charge on any atom is -0.377 e. The molecule has 1 aromatic carbocycles. The van der Waals surface area contributed by atoms with E-state index >= 15 is 0 Å². The molecule has 0 radical (unpaired) electrons. The van der Waals surface area contributed by atoms with Crippen molar-refractivity contribution in [3.8, 4) is 0 Å². The third kappa shape index (κ3) is 3.82. The van der Waals surface area contributed by atoms with Crippen LogP contribution in [0.25, 0.3) is 0 Å². The Kier molecular flexibility index (Phi) is 5.73. The fraction of sp³-hybridized carbons (Fsp3) is 0.571. The number of likely N-dealkylation sites (tertiary alicyclic amines) is 1. The standard InChI is InChI=1S/C21H29N5O2/c1-3-28-15-16-6-8-17(9-7-16)21(27)25-11-4-5-18(25)20-23-22-19-10-12-24(2)13-14-26(19)20/h6-9,18H,3-5,10-15H2,1-2H3/t18-/m1/s1. The van der Waals surface area contributed by atoms with E-state index < -0.39 is 0 Å². The molecule has 1 saturated heterocycles. The number of aromatic nitrogens is 3. The first kappa shape index (κ1) is 19.1. The van der Waals surface area contributed by atoms with Crippen LogP contribution in [0.5, 0.6) is 0 Å². The molecule has 1 fully saturated rings. The number of carbonyl (C=O) groups excluding carboxylic acids is 1. The highest BCUT2D eigenvalue weighted by molar-refractivity contribution is 5.94. The molecule has 7 nitrogen and oxygen atoms in total. The smallest absolute Gasteiger partial charge is 0.254 e. The Hall–Kier alpha value is -2.25. The van der Waals surface area contributed by atoms with Gasteiger partial charge in [0.2, 0.25) is 0 Å². The quantitative estimate of drug-likeness (QED) is 0.793. The first-order valence-corrected chi connectivity index (χ1v) is 10.3. The number of likely N-dealkylation sites (N-methyl/N-ethyl adjacent to an activating group) is 1. The summed E-state index contributed by atoms with van der Waals surface area (Å²) in [5, 5.41) is 8.94. The van der Waals surface area contributed by atoms with Crippen molar-refractivity contribution in [2.24, 2.45) is 0 Å². The van der Waals surface area contributed by atoms with E-state index in [-0.39, 0.29) is 11.9 Å². The molecule has 3 heterocycles. The van der Waals surface area contributed by atoms with E-state index in [1.54, 1.807) is 0 Å². The van der Waals surface area contributed by atoms with Gasteiger partial charge in [0, 0.05) is 44.8 Å². The van der Waals surface area contributed by atoms with E-state index in [0.29, 0.717) is 13.2 Å². The molecule has 1 aromatic heterocycles. The van der Waals surface area contributed by atoms with Crippen molar-refractivity contribution in [3.05, 3.63) is 47.0 Å². The first-order valence-electron chi connectivity index (χ1n) is 10.3. The fourth-order valence-corrected chi connectivity index (χ4v) is 4.11. The second-order valence-corrected chi connectivity index (χ2v) is 7.67. The second-order valence-electron chi connectivity index (χ2n) is 7.67. The van der Waals surface area contributed by atoms with Crippen LogP contribution >= 0.6 is 0 Å². The number of rotatable bonds is 5. The lowest BCUT2D eigenvalue weighted by molar-refractivity contribution is 0.0726. The van der Waals surface area contributed by atoms with E-state index in [1.165, 1.54) is 0 Å². The monoisotopic (exact) mass is 383 g/mol. The lowest BCUT2D eigenvalue weighted by Crippen LogP contribution is -2.32. The summed E-state index contributed by atoms with van der Waals surface area (Å²) in [4.78, 5) is 17.5. The molecule has 0 unspecified atom stereocenters. The van der Waals surface area contributed by atoms with Crippen molar-refractivity contribution in [2.45, 2.75) is 45.4 Å². The third-order valence-electron chi connectivity index (χ3n) is 5.76. The maximum absolute atomic E-state index is 13.2. The number of hydrogen-bond donors (Lipinski definition) is 0. The van der Waals surface area contributed by atoms with Gasteiger partial charge in [-0.2, -0.15) is 0 Å². The van der Waals surface area contributed by atoms with Crippen LogP contribution in [-0.4, -0.2) is 63.8 Å². The summed E-state index contributed by atoms with van der Waals surface area (Å²) in [5.74, 6) is 2.07. The number of ether oxygens (including phenoxy) is 1. The SMILES string of the molecule is CCOCc1ccc(C(=O)N2CCC[C@@H]2c2nnc3n2CCN(C)CC3)cc1. The first-order chi connectivity index (χ1) is 13.7. The molecule has 2 aromatic rings. The van der Waals surface area contributed by atoms with Gasteiger partial charge in [-0.25, -0.2) is 0 Å². The Morgan fingerprint density at radius 2 is 1.96 bits per heavy atom. The molecule has 2 aliphatic heterocycles. The minimum atomic E-state index is 0.0141. The molecule has 7 heteroatoms. The van der Waals surface area contributed by atoms with Crippen LogP contribution < -0.4 is 0 Å². The average molecular weight is 383 g/mol. The molecule has 150 valence electrons. The van der Waals surface area contributed by atoms with Gasteiger partial charge in [-0.3, -0.25) is 4.79 Å². The van der Waals surface area contributed by atoms with Gasteiger partial charge in [-0.1, -0.05) is 12.1 Å². The summed E-state index contributed by atoms with van der Waals surface area (Å²) in [6.45, 7) is 6.89. The molecule has 0 bridgehead atoms. The topological polar surface area (TPSA) is 63.5 Å². The largest absolute Gasteiger partial charge is 0.377 e. The van der Waals surface area contributed by atoms with Crippen molar-refractivity contribution >= 4 is 5.91 Å². The number of fused-ring (bicyclic) bond motifs is 1. The summed E-state index contributed by atoms with van der Waals surface area (Å²) >= 11 is 0. The van der Waals surface area contributed by atoms with E-state index in [2.05, 4.69) is 26.7 Å². The van der Waals surface area contributed by atoms with Crippen LogP contribution in [-0.2, 0) is 24.3 Å². The third-order valence-corrected chi connectivity index (χ3v) is 5.76. The van der Waals surface area contributed by atoms with Crippen LogP contribution in [0.15, 0.2) is 24.3 Å². The molecule has 28 heavy (non-hydrogen) atoms. The van der Waals surface area contributed by atoms with Crippen molar-refractivity contribution in [3.63, 3.8) is 0 Å². The van der Waals surface area contributed by atoms with Gasteiger partial charge in [0.1, 0.15) is 5.82 Å². The summed E-state index contributed by atoms with van der Waals surface area (Å²) in [6, 6.07) is 7.79. The van der Waals surface area contributed by atoms with Gasteiger partial charge >= 0.3 is 0 Å². The van der Waals surface area contributed by atoms with Gasteiger partial charge in [0.25, 0.3) is 5.91 Å². The zero-order valence-electron chi connectivity index (χ0n) is 16.8. The molecule has 0 spiro atoms. The number of amides is 1. The predicted octanol–water partition coefficient (Wildman–Crippen LogP) is 2.28. The number of hydrogen-bond acceptors (Lipinski definition) is 5. The van der Waals surface area contributed by atoms with Crippen LogP contribution in [0.3, 0.4) is 0 Å². The maximum atomic E-state index is 13.2. The lowest BCUT2D eigenvalue weighted by Gasteiger charge is -2.25. The highest BCUT2D eigenvalue weighted by Gasteiger charge is 2.35. The van der Waals surface area contributed by atoms with Gasteiger partial charge in [0.15, 0.2) is 5.82 Å². The molecule has 0 N–H and O–H groups in total. The van der Waals surface area contributed by atoms with Crippen LogP contribution in [0.4, 0.5) is 0 Å². The molecular weight excluding hydrogens is 354 g/mol. The van der Waals surface area contributed by atoms with Gasteiger partial charge in [-0.05, 0) is 44.5 Å². The number of benzene rings is 1. The van der Waals surface area contributed by atoms with Crippen LogP contribution in [0, 0.1) is 0 Å². The fourth-order valence-electron chi connectivity index (χ4n) is 4.11. The molecule has 1 atom stereocenters. The molecule has 0 aliphatic carbocycles. The normalized spacial score (nSPS) is 20.2. The Morgan fingerprint density at radius 3 is 2.75 bits per heavy atom. The molecule has 1 amide bonds. The zero-order valence-corrected chi connectivity index (χ0v) is 16.8. The average Bonchev–Trinajstić information content (AvgIpc) is 3.31. The van der Waals surface area contributed by atoms with E-state index in [0.717, 1.165) is 68.2 Å². The van der Waals surface area contributed by atoms with Crippen molar-refractivity contribution < 1.29 is 9.53 Å². The Balaban J connectivity index is 1.53. The summed E-state index contributed by atoms with van der Waals surface area (Å²) < 4.78 is 7.68. The number of nitrogens with zero attached hydrogens (tertiary/aromatic N) is 5. The van der Waals surface area contributed by atoms with Crippen molar-refractivity contribution in [2.75, 3.05) is 33.3 Å². The van der Waals surface area contributed by atoms with E-state index in [9.17, 15) is 4.79 Å². The Morgan fingerprint density at radius 1 is 1.14 bits per heavy atom. The molecular formula is C21H29N5O2. The molecule has 4 rings (SSSR count). The van der Waals surface area contributed by atoms with Gasteiger partial charge in [0.05, 0.1) is 12.6 Å². The number of carbonyl (C=O) groups is 1. The zero-order chi connectivity index (χ0) is 19.5. The molecule has 2 aliphatic rings.